The van der Waals surface area contributed by atoms with Crippen LogP contribution in [0, 0.1) is 5.92 Å². The first-order chi connectivity index (χ1) is 7.89. The van der Waals surface area contributed by atoms with Crippen LogP contribution in [0.4, 0.5) is 0 Å². The molecule has 1 unspecified atom stereocenters. The summed E-state index contributed by atoms with van der Waals surface area (Å²) in [6.07, 6.45) is 2.58. The van der Waals surface area contributed by atoms with E-state index in [-0.39, 0.29) is 18.4 Å². The van der Waals surface area contributed by atoms with E-state index >= 15 is 0 Å². The number of halogens is 1. The molecule has 0 saturated carbocycles. The predicted octanol–water partition coefficient (Wildman–Crippen LogP) is 1.05. The van der Waals surface area contributed by atoms with Crippen molar-refractivity contribution < 1.29 is 8.42 Å². The van der Waals surface area contributed by atoms with E-state index in [0.29, 0.717) is 25.6 Å². The number of nitrogens with zero attached hydrogens (tertiary/aromatic N) is 2. The minimum absolute atomic E-state index is 0. The van der Waals surface area contributed by atoms with Crippen LogP contribution in [0.2, 0.25) is 0 Å². The van der Waals surface area contributed by atoms with Crippen LogP contribution in [0.5, 0.6) is 0 Å². The van der Waals surface area contributed by atoms with Crippen molar-refractivity contribution in [1.82, 2.24) is 8.61 Å². The summed E-state index contributed by atoms with van der Waals surface area (Å²) in [6, 6.07) is 0.160. The van der Waals surface area contributed by atoms with E-state index in [4.69, 9.17) is 5.73 Å². The van der Waals surface area contributed by atoms with Gasteiger partial charge >= 0.3 is 0 Å². The van der Waals surface area contributed by atoms with E-state index in [1.807, 2.05) is 13.8 Å². The third-order valence-electron chi connectivity index (χ3n) is 3.50. The number of hydrogen-bond donors (Lipinski definition) is 1. The van der Waals surface area contributed by atoms with Gasteiger partial charge in [0.15, 0.2) is 0 Å². The molecule has 1 atom stereocenters. The van der Waals surface area contributed by atoms with E-state index in [0.717, 1.165) is 19.3 Å². The summed E-state index contributed by atoms with van der Waals surface area (Å²) in [6.45, 7) is 5.76. The molecule has 0 amide bonds. The second-order valence-corrected chi connectivity index (χ2v) is 6.96. The molecule has 0 radical (unpaired) electrons. The Morgan fingerprint density at radius 1 is 1.39 bits per heavy atom. The molecular formula is C11H26ClN3O2S. The highest BCUT2D eigenvalue weighted by atomic mass is 35.5. The van der Waals surface area contributed by atoms with Crippen LogP contribution in [-0.2, 0) is 10.2 Å². The zero-order chi connectivity index (χ0) is 13.1. The first kappa shape index (κ1) is 18.1. The minimum Gasteiger partial charge on any atom is -0.328 e. The van der Waals surface area contributed by atoms with Crippen molar-refractivity contribution in [2.24, 2.45) is 11.7 Å². The van der Waals surface area contributed by atoms with E-state index in [2.05, 4.69) is 0 Å². The third kappa shape index (κ3) is 4.35. The number of rotatable bonds is 5. The quantitative estimate of drug-likeness (QED) is 0.825. The molecule has 1 rings (SSSR count). The monoisotopic (exact) mass is 299 g/mol. The van der Waals surface area contributed by atoms with Crippen LogP contribution in [0.15, 0.2) is 0 Å². The molecule has 7 heteroatoms. The number of piperidine rings is 1. The molecule has 0 spiro atoms. The Morgan fingerprint density at radius 2 is 1.89 bits per heavy atom. The highest BCUT2D eigenvalue weighted by Gasteiger charge is 2.31. The van der Waals surface area contributed by atoms with Crippen molar-refractivity contribution in [2.45, 2.75) is 39.2 Å². The van der Waals surface area contributed by atoms with E-state index in [1.54, 1.807) is 11.4 Å². The molecule has 0 aromatic heterocycles. The minimum atomic E-state index is -3.25. The maximum Gasteiger partial charge on any atom is 0.281 e. The van der Waals surface area contributed by atoms with Crippen LogP contribution >= 0.6 is 12.4 Å². The molecule has 5 nitrogen and oxygen atoms in total. The number of hydrogen-bond acceptors (Lipinski definition) is 3. The van der Waals surface area contributed by atoms with Gasteiger partial charge in [-0.25, -0.2) is 0 Å². The fourth-order valence-electron chi connectivity index (χ4n) is 2.26. The Kier molecular flexibility index (Phi) is 7.70. The summed E-state index contributed by atoms with van der Waals surface area (Å²) >= 11 is 0. The summed E-state index contributed by atoms with van der Waals surface area (Å²) in [5.74, 6) is 0.456. The Bertz CT molecular complexity index is 327. The van der Waals surface area contributed by atoms with Crippen LogP contribution < -0.4 is 5.73 Å². The van der Waals surface area contributed by atoms with Crippen molar-refractivity contribution in [3.8, 4) is 0 Å². The average molecular weight is 300 g/mol. The Hall–Kier alpha value is 0.120. The molecule has 0 aromatic rings. The summed E-state index contributed by atoms with van der Waals surface area (Å²) in [5, 5.41) is 0. The molecular weight excluding hydrogens is 274 g/mol. The van der Waals surface area contributed by atoms with E-state index in [1.165, 1.54) is 4.31 Å². The first-order valence-corrected chi connectivity index (χ1v) is 7.76. The second kappa shape index (κ2) is 7.65. The van der Waals surface area contributed by atoms with Gasteiger partial charge in [0.05, 0.1) is 0 Å². The predicted molar refractivity (Wildman–Crippen MR) is 77.0 cm³/mol. The fourth-order valence-corrected chi connectivity index (χ4v) is 3.74. The van der Waals surface area contributed by atoms with Crippen molar-refractivity contribution in [3.05, 3.63) is 0 Å². The van der Waals surface area contributed by atoms with Gasteiger partial charge in [0, 0.05) is 32.7 Å². The number of nitrogens with two attached hydrogens (primary N) is 1. The smallest absolute Gasteiger partial charge is 0.281 e. The van der Waals surface area contributed by atoms with E-state index < -0.39 is 10.2 Å². The zero-order valence-corrected chi connectivity index (χ0v) is 13.1. The topological polar surface area (TPSA) is 66.6 Å². The van der Waals surface area contributed by atoms with Crippen molar-refractivity contribution in [3.63, 3.8) is 0 Å². The molecule has 110 valence electrons. The molecule has 1 saturated heterocycles. The van der Waals surface area contributed by atoms with Gasteiger partial charge in [0.25, 0.3) is 10.2 Å². The summed E-state index contributed by atoms with van der Waals surface area (Å²) in [7, 11) is -1.60. The van der Waals surface area contributed by atoms with Gasteiger partial charge in [-0.05, 0) is 32.1 Å². The first-order valence-electron chi connectivity index (χ1n) is 6.36. The molecule has 2 N–H and O–H groups in total. The molecule has 1 aliphatic heterocycles. The Balaban J connectivity index is 0.00000289. The van der Waals surface area contributed by atoms with Crippen molar-refractivity contribution in [1.29, 1.82) is 0 Å². The van der Waals surface area contributed by atoms with Gasteiger partial charge < -0.3 is 5.73 Å². The zero-order valence-electron chi connectivity index (χ0n) is 11.5. The third-order valence-corrected chi connectivity index (χ3v) is 5.49. The lowest BCUT2D eigenvalue weighted by molar-refractivity contribution is 0.239. The normalized spacial score (nSPS) is 20.7. The lowest BCUT2D eigenvalue weighted by atomic mass is 9.92. The van der Waals surface area contributed by atoms with Gasteiger partial charge in [-0.3, -0.25) is 0 Å². The average Bonchev–Trinajstić information content (AvgIpc) is 2.29. The van der Waals surface area contributed by atoms with Crippen molar-refractivity contribution >= 4 is 22.6 Å². The SMILES string of the molecule is CCCN(C)S(=O)(=O)N1CCC(C(C)N)CC1.Cl. The summed E-state index contributed by atoms with van der Waals surface area (Å²) in [4.78, 5) is 0. The van der Waals surface area contributed by atoms with Crippen LogP contribution in [-0.4, -0.2) is 49.8 Å². The van der Waals surface area contributed by atoms with Gasteiger partial charge in [-0.1, -0.05) is 6.92 Å². The summed E-state index contributed by atoms with van der Waals surface area (Å²) in [5.41, 5.74) is 5.85. The van der Waals surface area contributed by atoms with Crippen LogP contribution in [0.25, 0.3) is 0 Å². The lowest BCUT2D eigenvalue weighted by Gasteiger charge is -2.34. The molecule has 0 bridgehead atoms. The van der Waals surface area contributed by atoms with Gasteiger partial charge in [-0.2, -0.15) is 17.0 Å². The lowest BCUT2D eigenvalue weighted by Crippen LogP contribution is -2.47. The summed E-state index contributed by atoms with van der Waals surface area (Å²) < 4.78 is 27.4. The van der Waals surface area contributed by atoms with Gasteiger partial charge in [-0.15, -0.1) is 12.4 Å². The van der Waals surface area contributed by atoms with E-state index in [9.17, 15) is 8.42 Å². The van der Waals surface area contributed by atoms with Crippen LogP contribution in [0.3, 0.4) is 0 Å². The molecule has 18 heavy (non-hydrogen) atoms. The molecule has 1 fully saturated rings. The highest BCUT2D eigenvalue weighted by molar-refractivity contribution is 7.86. The highest BCUT2D eigenvalue weighted by Crippen LogP contribution is 2.22. The maximum absolute atomic E-state index is 12.2. The standard InChI is InChI=1S/C11H25N3O2S.ClH/c1-4-7-13(3)17(15,16)14-8-5-11(6-9-14)10(2)12;/h10-11H,4-9,12H2,1-3H3;1H. The largest absolute Gasteiger partial charge is 0.328 e. The van der Waals surface area contributed by atoms with Gasteiger partial charge in [0.1, 0.15) is 0 Å². The van der Waals surface area contributed by atoms with Crippen molar-refractivity contribution in [2.75, 3.05) is 26.7 Å². The molecule has 1 aliphatic rings. The molecule has 0 aromatic carbocycles. The molecule has 0 aliphatic carbocycles. The Labute approximate surface area is 117 Å². The van der Waals surface area contributed by atoms with Gasteiger partial charge in [0.2, 0.25) is 0 Å². The molecule has 1 heterocycles. The van der Waals surface area contributed by atoms with Crippen LogP contribution in [0.1, 0.15) is 33.1 Å². The second-order valence-electron chi connectivity index (χ2n) is 4.92. The fraction of sp³-hybridized carbons (Fsp3) is 1.00. The maximum atomic E-state index is 12.2. The Morgan fingerprint density at radius 3 is 2.28 bits per heavy atom.